The summed E-state index contributed by atoms with van der Waals surface area (Å²) in [5, 5.41) is 2.96. The standard InChI is InChI=1S/C20H29BClFN2O4/c1-18(2,3)27-17(26)25-11-13(21-28-19(4,5)20(6,7)29-21)8-12-9-15(23)16(24)10-14(12)22/h8-10H,11,24H2,1-7H3,(H,25,26). The van der Waals surface area contributed by atoms with Gasteiger partial charge in [0.2, 0.25) is 0 Å². The monoisotopic (exact) mass is 426 g/mol. The van der Waals surface area contributed by atoms with Crippen molar-refractivity contribution >= 4 is 36.6 Å². The Hall–Kier alpha value is -1.77. The molecule has 0 radical (unpaired) electrons. The number of amides is 1. The van der Waals surface area contributed by atoms with Gasteiger partial charge in [0.1, 0.15) is 11.4 Å². The number of halogens is 2. The van der Waals surface area contributed by atoms with E-state index in [0.717, 1.165) is 0 Å². The molecule has 0 saturated carbocycles. The Morgan fingerprint density at radius 1 is 1.28 bits per heavy atom. The van der Waals surface area contributed by atoms with Gasteiger partial charge in [-0.05, 0) is 71.6 Å². The molecule has 160 valence electrons. The van der Waals surface area contributed by atoms with Crippen LogP contribution in [0.15, 0.2) is 17.6 Å². The fraction of sp³-hybridized carbons (Fsp3) is 0.550. The molecule has 0 atom stereocenters. The normalized spacial score (nSPS) is 18.7. The molecule has 0 bridgehead atoms. The Kier molecular flexibility index (Phi) is 6.62. The van der Waals surface area contributed by atoms with Crippen molar-refractivity contribution < 1.29 is 23.2 Å². The summed E-state index contributed by atoms with van der Waals surface area (Å²) in [7, 11) is -0.758. The van der Waals surface area contributed by atoms with Crippen molar-refractivity contribution in [3.8, 4) is 0 Å². The number of benzene rings is 1. The number of hydrogen-bond acceptors (Lipinski definition) is 5. The Morgan fingerprint density at radius 2 is 1.83 bits per heavy atom. The molecule has 1 aromatic carbocycles. The van der Waals surface area contributed by atoms with Gasteiger partial charge in [0, 0.05) is 6.54 Å². The largest absolute Gasteiger partial charge is 0.492 e. The molecule has 0 unspecified atom stereocenters. The molecule has 2 rings (SSSR count). The summed E-state index contributed by atoms with van der Waals surface area (Å²) in [6.45, 7) is 13.1. The predicted molar refractivity (Wildman–Crippen MR) is 114 cm³/mol. The average Bonchev–Trinajstić information content (AvgIpc) is 2.74. The number of nitrogen functional groups attached to an aromatic ring is 1. The SMILES string of the molecule is CC(C)(C)OC(=O)NCC(=Cc1cc(F)c(N)cc1Cl)B1OC(C)(C)C(C)(C)O1. The Labute approximate surface area is 177 Å². The first-order valence-electron chi connectivity index (χ1n) is 9.39. The zero-order valence-corrected chi connectivity index (χ0v) is 18.7. The number of alkyl carbamates (subject to hydrolysis) is 1. The Morgan fingerprint density at radius 3 is 2.34 bits per heavy atom. The van der Waals surface area contributed by atoms with Crippen molar-refractivity contribution in [1.29, 1.82) is 0 Å². The highest BCUT2D eigenvalue weighted by Gasteiger charge is 2.52. The molecule has 1 saturated heterocycles. The fourth-order valence-electron chi connectivity index (χ4n) is 2.57. The van der Waals surface area contributed by atoms with E-state index in [1.165, 1.54) is 12.1 Å². The molecule has 3 N–H and O–H groups in total. The fourth-order valence-corrected chi connectivity index (χ4v) is 2.80. The smallest absolute Gasteiger partial charge is 0.444 e. The van der Waals surface area contributed by atoms with Crippen LogP contribution in [-0.4, -0.2) is 36.6 Å². The Balaban J connectivity index is 2.34. The minimum atomic E-state index is -0.758. The molecule has 1 aromatic rings. The van der Waals surface area contributed by atoms with Crippen molar-refractivity contribution in [3.63, 3.8) is 0 Å². The van der Waals surface area contributed by atoms with Crippen LogP contribution in [0.4, 0.5) is 14.9 Å². The number of ether oxygens (including phenoxy) is 1. The molecule has 29 heavy (non-hydrogen) atoms. The molecule has 0 spiro atoms. The highest BCUT2D eigenvalue weighted by atomic mass is 35.5. The summed E-state index contributed by atoms with van der Waals surface area (Å²) < 4.78 is 31.4. The van der Waals surface area contributed by atoms with Crippen molar-refractivity contribution in [2.24, 2.45) is 0 Å². The minimum absolute atomic E-state index is 0.0452. The van der Waals surface area contributed by atoms with Gasteiger partial charge >= 0.3 is 13.2 Å². The quantitative estimate of drug-likeness (QED) is 0.543. The molecule has 0 aromatic heterocycles. The highest BCUT2D eigenvalue weighted by molar-refractivity contribution is 6.56. The first-order valence-corrected chi connectivity index (χ1v) is 9.76. The van der Waals surface area contributed by atoms with Crippen molar-refractivity contribution in [3.05, 3.63) is 34.0 Å². The van der Waals surface area contributed by atoms with Gasteiger partial charge in [-0.1, -0.05) is 17.7 Å². The summed E-state index contributed by atoms with van der Waals surface area (Å²) in [5.74, 6) is -0.589. The van der Waals surface area contributed by atoms with Crippen molar-refractivity contribution in [1.82, 2.24) is 5.32 Å². The van der Waals surface area contributed by atoms with E-state index in [1.54, 1.807) is 26.8 Å². The van der Waals surface area contributed by atoms with E-state index in [1.807, 2.05) is 27.7 Å². The third kappa shape index (κ3) is 5.87. The minimum Gasteiger partial charge on any atom is -0.444 e. The topological polar surface area (TPSA) is 82.8 Å². The van der Waals surface area contributed by atoms with Crippen LogP contribution < -0.4 is 11.1 Å². The van der Waals surface area contributed by atoms with Gasteiger partial charge in [-0.3, -0.25) is 0 Å². The van der Waals surface area contributed by atoms with Gasteiger partial charge in [-0.2, -0.15) is 0 Å². The second-order valence-electron chi connectivity index (χ2n) is 9.06. The third-order valence-electron chi connectivity index (χ3n) is 4.85. The molecule has 1 amide bonds. The van der Waals surface area contributed by atoms with E-state index in [9.17, 15) is 9.18 Å². The number of nitrogens with one attached hydrogen (secondary N) is 1. The maximum absolute atomic E-state index is 14.0. The lowest BCUT2D eigenvalue weighted by molar-refractivity contribution is 0.00578. The van der Waals surface area contributed by atoms with Gasteiger partial charge in [0.15, 0.2) is 0 Å². The number of rotatable bonds is 4. The van der Waals surface area contributed by atoms with Crippen LogP contribution in [0.1, 0.15) is 54.0 Å². The molecule has 0 aliphatic carbocycles. The van der Waals surface area contributed by atoms with Crippen LogP contribution in [0.25, 0.3) is 6.08 Å². The molecule has 1 aliphatic rings. The average molecular weight is 427 g/mol. The second-order valence-corrected chi connectivity index (χ2v) is 9.47. The van der Waals surface area contributed by atoms with Gasteiger partial charge in [0.05, 0.1) is 21.9 Å². The van der Waals surface area contributed by atoms with Crippen LogP contribution >= 0.6 is 11.6 Å². The lowest BCUT2D eigenvalue weighted by Gasteiger charge is -2.32. The van der Waals surface area contributed by atoms with Crippen LogP contribution in [0.2, 0.25) is 5.02 Å². The molecular formula is C20H29BClFN2O4. The third-order valence-corrected chi connectivity index (χ3v) is 5.18. The van der Waals surface area contributed by atoms with Gasteiger partial charge in [0.25, 0.3) is 0 Å². The van der Waals surface area contributed by atoms with E-state index in [2.05, 4.69) is 5.32 Å². The molecular weight excluding hydrogens is 397 g/mol. The van der Waals surface area contributed by atoms with E-state index >= 15 is 0 Å². The summed E-state index contributed by atoms with van der Waals surface area (Å²) in [5.41, 5.74) is 4.67. The van der Waals surface area contributed by atoms with Crippen LogP contribution in [0.5, 0.6) is 0 Å². The maximum Gasteiger partial charge on any atom is 0.492 e. The molecule has 9 heteroatoms. The van der Waals surface area contributed by atoms with E-state index in [0.29, 0.717) is 11.0 Å². The summed E-state index contributed by atoms with van der Waals surface area (Å²) in [4.78, 5) is 12.1. The number of nitrogens with two attached hydrogens (primary N) is 1. The lowest BCUT2D eigenvalue weighted by Crippen LogP contribution is -2.41. The van der Waals surface area contributed by atoms with E-state index in [-0.39, 0.29) is 17.3 Å². The van der Waals surface area contributed by atoms with E-state index < -0.39 is 35.8 Å². The van der Waals surface area contributed by atoms with Gasteiger partial charge in [-0.15, -0.1) is 0 Å². The lowest BCUT2D eigenvalue weighted by atomic mass is 9.77. The first kappa shape index (κ1) is 23.5. The van der Waals surface area contributed by atoms with E-state index in [4.69, 9.17) is 31.4 Å². The number of carbonyl (C=O) groups is 1. The van der Waals surface area contributed by atoms with Crippen LogP contribution in [-0.2, 0) is 14.0 Å². The molecule has 6 nitrogen and oxygen atoms in total. The van der Waals surface area contributed by atoms with Crippen LogP contribution in [0, 0.1) is 5.82 Å². The van der Waals surface area contributed by atoms with Crippen molar-refractivity contribution in [2.45, 2.75) is 65.3 Å². The van der Waals surface area contributed by atoms with Gasteiger partial charge in [-0.25, -0.2) is 9.18 Å². The summed E-state index contributed by atoms with van der Waals surface area (Å²) in [6, 6.07) is 2.57. The molecule has 1 heterocycles. The second kappa shape index (κ2) is 8.16. The predicted octanol–water partition coefficient (Wildman–Crippen LogP) is 4.60. The van der Waals surface area contributed by atoms with Crippen molar-refractivity contribution in [2.75, 3.05) is 12.3 Å². The van der Waals surface area contributed by atoms with Crippen LogP contribution in [0.3, 0.4) is 0 Å². The number of anilines is 1. The summed E-state index contributed by atoms with van der Waals surface area (Å²) in [6.07, 6.45) is 1.04. The first-order chi connectivity index (χ1) is 13.1. The van der Waals surface area contributed by atoms with Gasteiger partial charge < -0.3 is 25.1 Å². The summed E-state index contributed by atoms with van der Waals surface area (Å²) >= 11 is 6.23. The molecule has 1 aliphatic heterocycles. The maximum atomic E-state index is 14.0. The highest BCUT2D eigenvalue weighted by Crippen LogP contribution is 2.39. The zero-order chi connectivity index (χ0) is 22.2. The zero-order valence-electron chi connectivity index (χ0n) is 18.0. The molecule has 1 fully saturated rings. The number of carbonyl (C=O) groups excluding carboxylic acids is 1. The number of hydrogen-bond donors (Lipinski definition) is 2. The Bertz CT molecular complexity index is 805.